The van der Waals surface area contributed by atoms with E-state index >= 15 is 0 Å². The third-order valence-electron chi connectivity index (χ3n) is 4.56. The molecule has 1 aromatic rings. The SMILES string of the molecule is Cc1ccccc1C(C)NC(=O)C1CCCN(S(=O)(=O)N(C)C)C1. The molecule has 1 amide bonds. The topological polar surface area (TPSA) is 69.7 Å². The summed E-state index contributed by atoms with van der Waals surface area (Å²) in [5.41, 5.74) is 2.21. The summed E-state index contributed by atoms with van der Waals surface area (Å²) in [7, 11) is -0.441. The quantitative estimate of drug-likeness (QED) is 0.876. The van der Waals surface area contributed by atoms with Crippen molar-refractivity contribution in [1.29, 1.82) is 0 Å². The van der Waals surface area contributed by atoms with Gasteiger partial charge in [-0.05, 0) is 37.8 Å². The third-order valence-corrected chi connectivity index (χ3v) is 6.46. The van der Waals surface area contributed by atoms with Crippen LogP contribution in [0.25, 0.3) is 0 Å². The molecule has 0 aliphatic carbocycles. The van der Waals surface area contributed by atoms with Crippen LogP contribution in [0.5, 0.6) is 0 Å². The average molecular weight is 353 g/mol. The highest BCUT2D eigenvalue weighted by atomic mass is 32.2. The predicted octanol–water partition coefficient (Wildman–Crippen LogP) is 1.69. The average Bonchev–Trinajstić information content (AvgIpc) is 2.55. The van der Waals surface area contributed by atoms with Crippen LogP contribution < -0.4 is 5.32 Å². The van der Waals surface area contributed by atoms with E-state index in [9.17, 15) is 13.2 Å². The molecule has 24 heavy (non-hydrogen) atoms. The fourth-order valence-corrected chi connectivity index (χ4v) is 4.27. The van der Waals surface area contributed by atoms with E-state index in [1.165, 1.54) is 22.7 Å². The molecule has 2 rings (SSSR count). The number of carbonyl (C=O) groups is 1. The number of hydrogen-bond donors (Lipinski definition) is 1. The molecule has 2 atom stereocenters. The van der Waals surface area contributed by atoms with Crippen LogP contribution in [0.2, 0.25) is 0 Å². The molecule has 0 aromatic heterocycles. The highest BCUT2D eigenvalue weighted by Crippen LogP contribution is 2.22. The molecule has 0 bridgehead atoms. The summed E-state index contributed by atoms with van der Waals surface area (Å²) in [4.78, 5) is 12.6. The minimum absolute atomic E-state index is 0.0793. The molecular formula is C17H27N3O3S. The third kappa shape index (κ3) is 4.15. The van der Waals surface area contributed by atoms with Gasteiger partial charge in [0.05, 0.1) is 12.0 Å². The number of nitrogens with one attached hydrogen (secondary N) is 1. The van der Waals surface area contributed by atoms with Crippen molar-refractivity contribution in [3.63, 3.8) is 0 Å². The van der Waals surface area contributed by atoms with Crippen LogP contribution in [0.4, 0.5) is 0 Å². The summed E-state index contributed by atoms with van der Waals surface area (Å²) in [6, 6.07) is 7.85. The van der Waals surface area contributed by atoms with Gasteiger partial charge in [0.1, 0.15) is 0 Å². The van der Waals surface area contributed by atoms with E-state index in [0.717, 1.165) is 11.1 Å². The normalized spacial score (nSPS) is 20.8. The second-order valence-corrected chi connectivity index (χ2v) is 8.72. The highest BCUT2D eigenvalue weighted by Gasteiger charge is 2.33. The van der Waals surface area contributed by atoms with Gasteiger partial charge in [-0.1, -0.05) is 24.3 Å². The predicted molar refractivity (Wildman–Crippen MR) is 94.6 cm³/mol. The van der Waals surface area contributed by atoms with Crippen molar-refractivity contribution in [2.24, 2.45) is 5.92 Å². The fraction of sp³-hybridized carbons (Fsp3) is 0.588. The number of carbonyl (C=O) groups excluding carboxylic acids is 1. The zero-order chi connectivity index (χ0) is 17.9. The van der Waals surface area contributed by atoms with Crippen LogP contribution in [0.15, 0.2) is 24.3 Å². The van der Waals surface area contributed by atoms with Crippen molar-refractivity contribution < 1.29 is 13.2 Å². The smallest absolute Gasteiger partial charge is 0.281 e. The molecule has 0 spiro atoms. The highest BCUT2D eigenvalue weighted by molar-refractivity contribution is 7.86. The van der Waals surface area contributed by atoms with Gasteiger partial charge in [-0.25, -0.2) is 0 Å². The summed E-state index contributed by atoms with van der Waals surface area (Å²) in [6.07, 6.45) is 1.41. The molecule has 1 aliphatic heterocycles. The van der Waals surface area contributed by atoms with Gasteiger partial charge in [0.15, 0.2) is 0 Å². The second kappa shape index (κ2) is 7.63. The van der Waals surface area contributed by atoms with Crippen LogP contribution in [0.3, 0.4) is 0 Å². The molecule has 1 aromatic carbocycles. The van der Waals surface area contributed by atoms with E-state index in [4.69, 9.17) is 0 Å². The molecule has 1 saturated heterocycles. The summed E-state index contributed by atoms with van der Waals surface area (Å²) < 4.78 is 27.1. The van der Waals surface area contributed by atoms with Crippen molar-refractivity contribution >= 4 is 16.1 Å². The monoisotopic (exact) mass is 353 g/mol. The number of hydrogen-bond acceptors (Lipinski definition) is 3. The molecule has 7 heteroatoms. The van der Waals surface area contributed by atoms with E-state index in [1.54, 1.807) is 0 Å². The Morgan fingerprint density at radius 3 is 2.62 bits per heavy atom. The summed E-state index contributed by atoms with van der Waals surface area (Å²) in [5, 5.41) is 3.03. The maximum Gasteiger partial charge on any atom is 0.281 e. The van der Waals surface area contributed by atoms with Crippen molar-refractivity contribution in [2.75, 3.05) is 27.2 Å². The molecule has 0 saturated carbocycles. The number of aryl methyl sites for hydroxylation is 1. The molecule has 2 unspecified atom stereocenters. The lowest BCUT2D eigenvalue weighted by molar-refractivity contribution is -0.126. The Morgan fingerprint density at radius 2 is 2.00 bits per heavy atom. The largest absolute Gasteiger partial charge is 0.349 e. The van der Waals surface area contributed by atoms with Crippen LogP contribution in [0, 0.1) is 12.8 Å². The molecular weight excluding hydrogens is 326 g/mol. The Kier molecular flexibility index (Phi) is 6.01. The lowest BCUT2D eigenvalue weighted by Crippen LogP contribution is -2.49. The van der Waals surface area contributed by atoms with Gasteiger partial charge in [0, 0.05) is 27.2 Å². The van der Waals surface area contributed by atoms with Gasteiger partial charge in [0.2, 0.25) is 5.91 Å². The Bertz CT molecular complexity index is 688. The summed E-state index contributed by atoms with van der Waals surface area (Å²) >= 11 is 0. The molecule has 0 radical (unpaired) electrons. The van der Waals surface area contributed by atoms with Gasteiger partial charge in [-0.15, -0.1) is 0 Å². The Hall–Kier alpha value is -1.44. The first-order valence-corrected chi connectivity index (χ1v) is 9.66. The molecule has 1 heterocycles. The molecule has 1 fully saturated rings. The Labute approximate surface area is 145 Å². The Balaban J connectivity index is 2.03. The van der Waals surface area contributed by atoms with Crippen LogP contribution >= 0.6 is 0 Å². The van der Waals surface area contributed by atoms with E-state index in [0.29, 0.717) is 19.4 Å². The molecule has 1 N–H and O–H groups in total. The maximum atomic E-state index is 12.6. The molecule has 1 aliphatic rings. The standard InChI is InChI=1S/C17H27N3O3S/c1-13-8-5-6-10-16(13)14(2)18-17(21)15-9-7-11-20(12-15)24(22,23)19(3)4/h5-6,8,10,14-15H,7,9,11-12H2,1-4H3,(H,18,21). The van der Waals surface area contributed by atoms with E-state index in [1.807, 2.05) is 38.1 Å². The van der Waals surface area contributed by atoms with Crippen molar-refractivity contribution in [3.8, 4) is 0 Å². The summed E-state index contributed by atoms with van der Waals surface area (Å²) in [6.45, 7) is 4.69. The van der Waals surface area contributed by atoms with Crippen molar-refractivity contribution in [3.05, 3.63) is 35.4 Å². The lowest BCUT2D eigenvalue weighted by Gasteiger charge is -2.33. The molecule has 134 valence electrons. The number of benzene rings is 1. The lowest BCUT2D eigenvalue weighted by atomic mass is 9.97. The van der Waals surface area contributed by atoms with Gasteiger partial charge >= 0.3 is 0 Å². The van der Waals surface area contributed by atoms with Gasteiger partial charge < -0.3 is 5.32 Å². The number of rotatable bonds is 5. The van der Waals surface area contributed by atoms with Crippen molar-refractivity contribution in [2.45, 2.75) is 32.7 Å². The Morgan fingerprint density at radius 1 is 1.33 bits per heavy atom. The van der Waals surface area contributed by atoms with Gasteiger partial charge in [-0.3, -0.25) is 4.79 Å². The molecule has 6 nitrogen and oxygen atoms in total. The van der Waals surface area contributed by atoms with E-state index < -0.39 is 10.2 Å². The fourth-order valence-electron chi connectivity index (χ4n) is 3.08. The first-order chi connectivity index (χ1) is 11.2. The van der Waals surface area contributed by atoms with E-state index in [-0.39, 0.29) is 24.4 Å². The van der Waals surface area contributed by atoms with Crippen LogP contribution in [-0.4, -0.2) is 50.1 Å². The minimum atomic E-state index is -3.47. The number of piperidine rings is 1. The van der Waals surface area contributed by atoms with Crippen LogP contribution in [-0.2, 0) is 15.0 Å². The summed E-state index contributed by atoms with van der Waals surface area (Å²) in [5.74, 6) is -0.385. The minimum Gasteiger partial charge on any atom is -0.349 e. The zero-order valence-electron chi connectivity index (χ0n) is 14.8. The number of nitrogens with zero attached hydrogens (tertiary/aromatic N) is 2. The van der Waals surface area contributed by atoms with Crippen molar-refractivity contribution in [1.82, 2.24) is 13.9 Å². The maximum absolute atomic E-state index is 12.6. The zero-order valence-corrected chi connectivity index (χ0v) is 15.6. The first kappa shape index (κ1) is 18.9. The van der Waals surface area contributed by atoms with Gasteiger partial charge in [0.25, 0.3) is 10.2 Å². The van der Waals surface area contributed by atoms with Crippen LogP contribution in [0.1, 0.15) is 36.9 Å². The van der Waals surface area contributed by atoms with E-state index in [2.05, 4.69) is 5.32 Å². The van der Waals surface area contributed by atoms with Gasteiger partial charge in [-0.2, -0.15) is 17.0 Å². The first-order valence-electron chi connectivity index (χ1n) is 8.27. The second-order valence-electron chi connectivity index (χ2n) is 6.57. The number of amides is 1.